The Morgan fingerprint density at radius 1 is 1.11 bits per heavy atom. The maximum absolute atomic E-state index is 14.4. The van der Waals surface area contributed by atoms with E-state index in [0.717, 1.165) is 11.3 Å². The molecule has 0 unspecified atom stereocenters. The fraction of sp³-hybridized carbons (Fsp3) is 0.121. The van der Waals surface area contributed by atoms with Gasteiger partial charge in [-0.2, -0.15) is 0 Å². The predicted molar refractivity (Wildman–Crippen MR) is 178 cm³/mol. The van der Waals surface area contributed by atoms with E-state index in [9.17, 15) is 19.7 Å². The normalized spacial score (nSPS) is 14.4. The summed E-state index contributed by atoms with van der Waals surface area (Å²) in [5.41, 5.74) is 1.33. The molecule has 0 bridgehead atoms. The summed E-state index contributed by atoms with van der Waals surface area (Å²) in [5, 5.41) is 12.5. The minimum absolute atomic E-state index is 0.0899. The minimum atomic E-state index is -1.03. The number of nitro groups is 1. The number of rotatable bonds is 9. The second-order valence-corrected chi connectivity index (χ2v) is 12.4. The molecule has 14 heteroatoms. The van der Waals surface area contributed by atoms with Crippen LogP contribution in [0.1, 0.15) is 29.7 Å². The van der Waals surface area contributed by atoms with Crippen LogP contribution < -0.4 is 19.6 Å². The molecule has 1 aliphatic rings. The van der Waals surface area contributed by atoms with E-state index in [1.807, 2.05) is 30.3 Å². The maximum Gasteiger partial charge on any atom is 0.338 e. The Bertz CT molecular complexity index is 2220. The first-order valence-corrected chi connectivity index (χ1v) is 16.2. The van der Waals surface area contributed by atoms with Crippen molar-refractivity contribution in [3.63, 3.8) is 0 Å². The van der Waals surface area contributed by atoms with Crippen molar-refractivity contribution in [3.8, 4) is 5.75 Å². The molecular weight excluding hydrogens is 662 g/mol. The lowest BCUT2D eigenvalue weighted by Crippen LogP contribution is -2.40. The van der Waals surface area contributed by atoms with Gasteiger partial charge in [0, 0.05) is 45.6 Å². The highest BCUT2D eigenvalue weighted by Crippen LogP contribution is 2.40. The third-order valence-corrected chi connectivity index (χ3v) is 9.30. The van der Waals surface area contributed by atoms with Crippen molar-refractivity contribution in [3.05, 3.63) is 142 Å². The Morgan fingerprint density at radius 2 is 1.87 bits per heavy atom. The molecule has 236 valence electrons. The van der Waals surface area contributed by atoms with E-state index in [-0.39, 0.29) is 22.4 Å². The van der Waals surface area contributed by atoms with E-state index in [2.05, 4.69) is 9.97 Å². The Morgan fingerprint density at radius 3 is 2.57 bits per heavy atom. The Hall–Kier alpha value is -5.11. The van der Waals surface area contributed by atoms with Gasteiger partial charge in [-0.25, -0.2) is 19.8 Å². The number of nitro benzene ring substituents is 1. The van der Waals surface area contributed by atoms with Crippen LogP contribution in [0.15, 0.2) is 111 Å². The van der Waals surface area contributed by atoms with Crippen LogP contribution in [0.3, 0.4) is 0 Å². The molecule has 0 fully saturated rings. The number of halogens is 1. The van der Waals surface area contributed by atoms with Gasteiger partial charge >= 0.3 is 5.97 Å². The zero-order chi connectivity index (χ0) is 33.1. The molecule has 3 aromatic carbocycles. The lowest BCUT2D eigenvalue weighted by molar-refractivity contribution is -0.384. The third-order valence-electron chi connectivity index (χ3n) is 7.09. The molecular formula is C33H24ClN5O6S2. The highest BCUT2D eigenvalue weighted by atomic mass is 35.5. The van der Waals surface area contributed by atoms with Gasteiger partial charge in [-0.1, -0.05) is 53.3 Å². The summed E-state index contributed by atoms with van der Waals surface area (Å²) in [7, 11) is 1.49. The van der Waals surface area contributed by atoms with Crippen LogP contribution in [0.5, 0.6) is 5.75 Å². The topological polar surface area (TPSA) is 139 Å². The minimum Gasteiger partial charge on any atom is -0.496 e. The van der Waals surface area contributed by atoms with Gasteiger partial charge in [0.05, 0.1) is 34.4 Å². The van der Waals surface area contributed by atoms with Crippen molar-refractivity contribution in [2.75, 3.05) is 13.7 Å². The van der Waals surface area contributed by atoms with Crippen LogP contribution in [0.25, 0.3) is 11.8 Å². The van der Waals surface area contributed by atoms with Crippen LogP contribution in [0.4, 0.5) is 5.69 Å². The summed E-state index contributed by atoms with van der Waals surface area (Å²) in [6.45, 7) is 1.78. The van der Waals surface area contributed by atoms with Crippen LogP contribution in [-0.2, 0) is 9.53 Å². The van der Waals surface area contributed by atoms with Crippen LogP contribution in [0, 0.1) is 10.1 Å². The van der Waals surface area contributed by atoms with E-state index >= 15 is 0 Å². The second kappa shape index (κ2) is 13.7. The molecule has 5 aromatic rings. The predicted octanol–water partition coefficient (Wildman–Crippen LogP) is 5.45. The summed E-state index contributed by atoms with van der Waals surface area (Å²) in [6, 6.07) is 19.1. The number of aromatic nitrogens is 3. The first kappa shape index (κ1) is 31.9. The maximum atomic E-state index is 14.4. The van der Waals surface area contributed by atoms with E-state index < -0.39 is 22.5 Å². The fourth-order valence-corrected chi connectivity index (χ4v) is 7.05. The number of hydrogen-bond acceptors (Lipinski definition) is 11. The number of nitrogens with zero attached hydrogens (tertiary/aromatic N) is 5. The van der Waals surface area contributed by atoms with Gasteiger partial charge in [0.15, 0.2) is 9.96 Å². The molecule has 1 atom stereocenters. The summed E-state index contributed by atoms with van der Waals surface area (Å²) >= 11 is 8.76. The molecule has 11 nitrogen and oxygen atoms in total. The number of hydrogen-bond donors (Lipinski definition) is 0. The van der Waals surface area contributed by atoms with Crippen LogP contribution in [-0.4, -0.2) is 39.1 Å². The monoisotopic (exact) mass is 685 g/mol. The van der Waals surface area contributed by atoms with Gasteiger partial charge in [0.2, 0.25) is 0 Å². The number of esters is 1. The van der Waals surface area contributed by atoms with E-state index in [4.69, 9.17) is 26.1 Å². The summed E-state index contributed by atoms with van der Waals surface area (Å²) < 4.78 is 12.8. The highest BCUT2D eigenvalue weighted by Gasteiger charge is 2.37. The van der Waals surface area contributed by atoms with E-state index in [1.165, 1.54) is 35.6 Å². The molecule has 3 heterocycles. The number of thiazole rings is 1. The van der Waals surface area contributed by atoms with Crippen molar-refractivity contribution in [2.45, 2.75) is 23.0 Å². The zero-order valence-electron chi connectivity index (χ0n) is 24.8. The van der Waals surface area contributed by atoms with Gasteiger partial charge in [0.25, 0.3) is 11.2 Å². The molecule has 2 aromatic heterocycles. The second-order valence-electron chi connectivity index (χ2n) is 9.93. The molecule has 0 spiro atoms. The smallest absolute Gasteiger partial charge is 0.338 e. The van der Waals surface area contributed by atoms with Crippen molar-refractivity contribution in [1.29, 1.82) is 0 Å². The Balaban J connectivity index is 1.65. The average molecular weight is 686 g/mol. The lowest BCUT2D eigenvalue weighted by Gasteiger charge is -2.27. The van der Waals surface area contributed by atoms with Crippen molar-refractivity contribution in [2.24, 2.45) is 4.99 Å². The molecule has 0 aliphatic carbocycles. The van der Waals surface area contributed by atoms with Crippen molar-refractivity contribution in [1.82, 2.24) is 14.5 Å². The number of carbonyl (C=O) groups excluding carboxylic acids is 1. The van der Waals surface area contributed by atoms with Gasteiger partial charge in [-0.3, -0.25) is 19.5 Å². The molecule has 0 saturated heterocycles. The zero-order valence-corrected chi connectivity index (χ0v) is 27.2. The van der Waals surface area contributed by atoms with Gasteiger partial charge < -0.3 is 9.47 Å². The summed E-state index contributed by atoms with van der Waals surface area (Å²) in [5.74, 6) is -0.262. The number of non-ortho nitro benzene ring substituents is 1. The molecule has 0 amide bonds. The quantitative estimate of drug-likeness (QED) is 0.0858. The first-order valence-electron chi connectivity index (χ1n) is 14.1. The van der Waals surface area contributed by atoms with E-state index in [0.29, 0.717) is 48.0 Å². The van der Waals surface area contributed by atoms with Gasteiger partial charge in [0.1, 0.15) is 11.8 Å². The molecule has 0 saturated carbocycles. The number of fused-ring (bicyclic) bond motifs is 1. The number of benzene rings is 3. The van der Waals surface area contributed by atoms with Crippen LogP contribution >= 0.6 is 34.7 Å². The Kier molecular flexibility index (Phi) is 9.29. The van der Waals surface area contributed by atoms with Crippen molar-refractivity contribution < 1.29 is 19.2 Å². The average Bonchev–Trinajstić information content (AvgIpc) is 3.39. The third kappa shape index (κ3) is 6.45. The molecule has 47 heavy (non-hydrogen) atoms. The molecule has 0 radical (unpaired) electrons. The fourth-order valence-electron chi connectivity index (χ4n) is 5.09. The highest BCUT2D eigenvalue weighted by molar-refractivity contribution is 7.99. The van der Waals surface area contributed by atoms with Crippen molar-refractivity contribution >= 4 is 58.1 Å². The summed E-state index contributed by atoms with van der Waals surface area (Å²) in [6.07, 6.45) is 4.76. The first-order chi connectivity index (χ1) is 22.8. The SMILES string of the molecule is CCOC(=O)C1=C(c2ccccc2)N=c2s/c(=C\c3cc([N+](=O)[O-])ccc3Sc3ncccn3)c(=O)n2[C@@H]1c1cc(Cl)ccc1OC. The summed E-state index contributed by atoms with van der Waals surface area (Å²) in [4.78, 5) is 53.6. The number of ether oxygens (including phenoxy) is 2. The number of carbonyl (C=O) groups is 1. The van der Waals surface area contributed by atoms with Crippen LogP contribution in [0.2, 0.25) is 5.02 Å². The largest absolute Gasteiger partial charge is 0.496 e. The Labute approximate surface area is 280 Å². The lowest BCUT2D eigenvalue weighted by atomic mass is 9.92. The molecule has 6 rings (SSSR count). The van der Waals surface area contributed by atoms with E-state index in [1.54, 1.807) is 55.7 Å². The standard InChI is InChI=1S/C33H24ClN5O6S2/c1-3-45-31(41)27-28(19-8-5-4-6-9-19)37-33-38(29(27)23-18-21(34)10-12-24(23)44-2)30(40)26(47-33)17-20-16-22(39(42)43)11-13-25(20)46-32-35-14-7-15-36-32/h4-18,29H,3H2,1-2H3/b26-17-/t29-/m1/s1. The van der Waals surface area contributed by atoms with Gasteiger partial charge in [-0.05, 0) is 60.7 Å². The molecule has 1 aliphatic heterocycles. The number of methoxy groups -OCH3 is 1. The van der Waals surface area contributed by atoms with Gasteiger partial charge in [-0.15, -0.1) is 0 Å². The molecule has 0 N–H and O–H groups in total.